The Morgan fingerprint density at radius 2 is 1.94 bits per heavy atom. The molecule has 5 rings (SSSR count). The van der Waals surface area contributed by atoms with Gasteiger partial charge in [0.1, 0.15) is 23.2 Å². The Labute approximate surface area is 212 Å². The van der Waals surface area contributed by atoms with Crippen molar-refractivity contribution in [3.63, 3.8) is 0 Å². The maximum Gasteiger partial charge on any atom is 0.253 e. The minimum atomic E-state index is -0.252. The van der Waals surface area contributed by atoms with Crippen LogP contribution in [0, 0.1) is 11.3 Å². The molecule has 1 atom stereocenters. The molecule has 0 bridgehead atoms. The Kier molecular flexibility index (Phi) is 6.52. The number of hydrazone groups is 1. The molecule has 0 aliphatic carbocycles. The van der Waals surface area contributed by atoms with Gasteiger partial charge in [0.15, 0.2) is 5.16 Å². The predicted octanol–water partition coefficient (Wildman–Crippen LogP) is 4.56. The Morgan fingerprint density at radius 1 is 1.17 bits per heavy atom. The van der Waals surface area contributed by atoms with Crippen LogP contribution in [0.3, 0.4) is 0 Å². The van der Waals surface area contributed by atoms with Gasteiger partial charge in [-0.3, -0.25) is 4.79 Å². The van der Waals surface area contributed by atoms with E-state index in [1.807, 2.05) is 48.5 Å². The monoisotopic (exact) mass is 494 g/mol. The van der Waals surface area contributed by atoms with Gasteiger partial charge in [0, 0.05) is 6.42 Å². The molecule has 0 spiro atoms. The Bertz CT molecular complexity index is 1510. The SMILES string of the molecule is COc1ccc(C2CC(c3ccc4ccccc4c3)=NN2C(=O)CSc2ncc(C#N)c(N)n2)cc1. The Hall–Kier alpha value is -4.42. The lowest BCUT2D eigenvalue weighted by Gasteiger charge is -2.22. The molecule has 1 aromatic heterocycles. The quantitative estimate of drug-likeness (QED) is 0.308. The molecule has 2 heterocycles. The van der Waals surface area contributed by atoms with E-state index in [0.29, 0.717) is 11.6 Å². The van der Waals surface area contributed by atoms with Gasteiger partial charge in [-0.1, -0.05) is 60.3 Å². The second-order valence-corrected chi connectivity index (χ2v) is 9.13. The summed E-state index contributed by atoms with van der Waals surface area (Å²) in [5, 5.41) is 17.9. The number of rotatable bonds is 6. The van der Waals surface area contributed by atoms with E-state index in [1.165, 1.54) is 6.20 Å². The van der Waals surface area contributed by atoms with Gasteiger partial charge in [-0.25, -0.2) is 15.0 Å². The minimum Gasteiger partial charge on any atom is -0.497 e. The van der Waals surface area contributed by atoms with Crippen LogP contribution in [0.25, 0.3) is 10.8 Å². The van der Waals surface area contributed by atoms with Crippen molar-refractivity contribution in [2.75, 3.05) is 18.6 Å². The summed E-state index contributed by atoms with van der Waals surface area (Å²) < 4.78 is 5.29. The zero-order valence-corrected chi connectivity index (χ0v) is 20.3. The third kappa shape index (κ3) is 4.72. The first kappa shape index (κ1) is 23.3. The zero-order valence-electron chi connectivity index (χ0n) is 19.5. The van der Waals surface area contributed by atoms with Crippen molar-refractivity contribution in [3.8, 4) is 11.8 Å². The molecule has 0 fully saturated rings. The predicted molar refractivity (Wildman–Crippen MR) is 140 cm³/mol. The number of nitrogens with two attached hydrogens (primary N) is 1. The number of aromatic nitrogens is 2. The summed E-state index contributed by atoms with van der Waals surface area (Å²) in [4.78, 5) is 21.6. The van der Waals surface area contributed by atoms with Crippen molar-refractivity contribution in [1.29, 1.82) is 5.26 Å². The van der Waals surface area contributed by atoms with Crippen LogP contribution in [-0.4, -0.2) is 39.5 Å². The molecule has 2 N–H and O–H groups in total. The first-order valence-electron chi connectivity index (χ1n) is 11.2. The summed E-state index contributed by atoms with van der Waals surface area (Å²) in [5.41, 5.74) is 8.79. The van der Waals surface area contributed by atoms with E-state index in [1.54, 1.807) is 12.1 Å². The number of carbonyl (C=O) groups is 1. The van der Waals surface area contributed by atoms with Crippen LogP contribution in [0.15, 0.2) is 83.2 Å². The van der Waals surface area contributed by atoms with Crippen LogP contribution in [-0.2, 0) is 4.79 Å². The highest BCUT2D eigenvalue weighted by Gasteiger charge is 2.33. The highest BCUT2D eigenvalue weighted by Crippen LogP contribution is 2.35. The number of methoxy groups -OCH3 is 1. The lowest BCUT2D eigenvalue weighted by molar-refractivity contribution is -0.130. The van der Waals surface area contributed by atoms with E-state index in [4.69, 9.17) is 20.8 Å². The van der Waals surface area contributed by atoms with E-state index in [2.05, 4.69) is 34.2 Å². The van der Waals surface area contributed by atoms with Crippen LogP contribution in [0.5, 0.6) is 5.75 Å². The number of nitriles is 1. The number of benzene rings is 3. The summed E-state index contributed by atoms with van der Waals surface area (Å²) in [6.45, 7) is 0. The molecule has 1 amide bonds. The molecule has 0 saturated carbocycles. The van der Waals surface area contributed by atoms with Crippen molar-refractivity contribution in [1.82, 2.24) is 15.0 Å². The van der Waals surface area contributed by atoms with Crippen molar-refractivity contribution >= 4 is 40.0 Å². The van der Waals surface area contributed by atoms with E-state index in [9.17, 15) is 4.79 Å². The number of fused-ring (bicyclic) bond motifs is 1. The maximum absolute atomic E-state index is 13.4. The van der Waals surface area contributed by atoms with Crippen molar-refractivity contribution in [2.45, 2.75) is 17.6 Å². The van der Waals surface area contributed by atoms with Crippen LogP contribution in [0.1, 0.15) is 29.2 Å². The maximum atomic E-state index is 13.4. The molecule has 8 nitrogen and oxygen atoms in total. The molecule has 178 valence electrons. The number of thioether (sulfide) groups is 1. The molecule has 9 heteroatoms. The summed E-state index contributed by atoms with van der Waals surface area (Å²) in [5.74, 6) is 0.739. The number of nitrogens with zero attached hydrogens (tertiary/aromatic N) is 5. The second kappa shape index (κ2) is 10.1. The highest BCUT2D eigenvalue weighted by atomic mass is 32.2. The van der Waals surface area contributed by atoms with E-state index < -0.39 is 0 Å². The topological polar surface area (TPSA) is 117 Å². The molecule has 0 radical (unpaired) electrons. The second-order valence-electron chi connectivity index (χ2n) is 8.19. The summed E-state index contributed by atoms with van der Waals surface area (Å²) >= 11 is 1.16. The summed E-state index contributed by atoms with van der Waals surface area (Å²) in [7, 11) is 1.62. The number of anilines is 1. The largest absolute Gasteiger partial charge is 0.497 e. The fourth-order valence-electron chi connectivity index (χ4n) is 4.10. The molecular weight excluding hydrogens is 472 g/mol. The minimum absolute atomic E-state index is 0.0759. The average Bonchev–Trinajstić information content (AvgIpc) is 3.37. The Balaban J connectivity index is 1.42. The summed E-state index contributed by atoms with van der Waals surface area (Å²) in [6.07, 6.45) is 1.95. The molecule has 4 aromatic rings. The number of amides is 1. The van der Waals surface area contributed by atoms with Gasteiger partial charge in [0.2, 0.25) is 0 Å². The van der Waals surface area contributed by atoms with Crippen LogP contribution in [0.2, 0.25) is 0 Å². The van der Waals surface area contributed by atoms with E-state index in [-0.39, 0.29) is 29.1 Å². The number of nitrogen functional groups attached to an aromatic ring is 1. The number of ether oxygens (including phenoxy) is 1. The standard InChI is InChI=1S/C27H22N6O2S/c1-35-22-10-8-18(9-11-22)24-13-23(20-7-6-17-4-2-3-5-19(17)12-20)32-33(24)25(34)16-36-27-30-15-21(14-28)26(29)31-27/h2-12,15,24H,13,16H2,1H3,(H2,29,30,31). The smallest absolute Gasteiger partial charge is 0.253 e. The van der Waals surface area contributed by atoms with Gasteiger partial charge < -0.3 is 10.5 Å². The molecule has 0 saturated heterocycles. The van der Waals surface area contributed by atoms with Crippen LogP contribution >= 0.6 is 11.8 Å². The molecule has 1 unspecified atom stereocenters. The first-order chi connectivity index (χ1) is 17.6. The first-order valence-corrected chi connectivity index (χ1v) is 12.2. The van der Waals surface area contributed by atoms with Gasteiger partial charge in [0.25, 0.3) is 5.91 Å². The van der Waals surface area contributed by atoms with E-state index in [0.717, 1.165) is 45.1 Å². The fourth-order valence-corrected chi connectivity index (χ4v) is 4.77. The average molecular weight is 495 g/mol. The van der Waals surface area contributed by atoms with Gasteiger partial charge >= 0.3 is 0 Å². The summed E-state index contributed by atoms with van der Waals surface area (Å²) in [6, 6.07) is 23.7. The van der Waals surface area contributed by atoms with E-state index >= 15 is 0 Å². The molecule has 1 aliphatic heterocycles. The lowest BCUT2D eigenvalue weighted by atomic mass is 9.97. The number of hydrogen-bond acceptors (Lipinski definition) is 8. The van der Waals surface area contributed by atoms with Crippen LogP contribution in [0.4, 0.5) is 5.82 Å². The number of carbonyl (C=O) groups excluding carboxylic acids is 1. The van der Waals surface area contributed by atoms with Crippen molar-refractivity contribution in [2.24, 2.45) is 5.10 Å². The molecule has 3 aromatic carbocycles. The van der Waals surface area contributed by atoms with Crippen molar-refractivity contribution < 1.29 is 9.53 Å². The fraction of sp³-hybridized carbons (Fsp3) is 0.148. The highest BCUT2D eigenvalue weighted by molar-refractivity contribution is 7.99. The molecular formula is C27H22N6O2S. The lowest BCUT2D eigenvalue weighted by Crippen LogP contribution is -2.28. The molecule has 1 aliphatic rings. The van der Waals surface area contributed by atoms with Crippen molar-refractivity contribution in [3.05, 3.63) is 89.6 Å². The third-order valence-electron chi connectivity index (χ3n) is 5.99. The number of hydrogen-bond donors (Lipinski definition) is 1. The van der Waals surface area contributed by atoms with Gasteiger partial charge in [0.05, 0.1) is 30.8 Å². The Morgan fingerprint density at radius 3 is 2.67 bits per heavy atom. The van der Waals surface area contributed by atoms with Crippen LogP contribution < -0.4 is 10.5 Å². The third-order valence-corrected chi connectivity index (χ3v) is 6.84. The molecule has 36 heavy (non-hydrogen) atoms. The van der Waals surface area contributed by atoms with Gasteiger partial charge in [-0.2, -0.15) is 10.4 Å². The normalized spacial score (nSPS) is 14.9. The zero-order chi connectivity index (χ0) is 25.1. The van der Waals surface area contributed by atoms with Gasteiger partial charge in [-0.05, 0) is 40.1 Å². The van der Waals surface area contributed by atoms with Gasteiger partial charge in [-0.15, -0.1) is 0 Å².